The van der Waals surface area contributed by atoms with Gasteiger partial charge in [-0.2, -0.15) is 0 Å². The Hall–Kier alpha value is -3.06. The van der Waals surface area contributed by atoms with Crippen LogP contribution in [0, 0.1) is 13.8 Å². The quantitative estimate of drug-likeness (QED) is 0.323. The first kappa shape index (κ1) is 20.2. The molecule has 0 N–H and O–H groups in total. The highest BCUT2D eigenvalue weighted by atomic mass is 32.2. The van der Waals surface area contributed by atoms with E-state index in [1.807, 2.05) is 44.2 Å². The van der Waals surface area contributed by atoms with Gasteiger partial charge in [0.1, 0.15) is 11.3 Å². The Bertz CT molecular complexity index is 1260. The SMILES string of the molecule is CCn1c(SCc2cc(=O)oc3c(C)c(C)ccc23)nnc1-c1ccc(OC)cc1. The zero-order valence-electron chi connectivity index (χ0n) is 17.4. The molecule has 0 fully saturated rings. The number of thioether (sulfide) groups is 1. The van der Waals surface area contributed by atoms with Gasteiger partial charge in [-0.05, 0) is 61.7 Å². The summed E-state index contributed by atoms with van der Waals surface area (Å²) >= 11 is 1.57. The third-order valence-electron chi connectivity index (χ3n) is 5.26. The molecule has 6 nitrogen and oxygen atoms in total. The second kappa shape index (κ2) is 8.36. The zero-order valence-corrected chi connectivity index (χ0v) is 18.2. The van der Waals surface area contributed by atoms with Crippen LogP contribution in [0.5, 0.6) is 5.75 Å². The molecule has 0 aliphatic carbocycles. The predicted octanol–water partition coefficient (Wildman–Crippen LogP) is 4.99. The Morgan fingerprint density at radius 3 is 2.57 bits per heavy atom. The molecule has 0 saturated heterocycles. The lowest BCUT2D eigenvalue weighted by atomic mass is 10.0. The van der Waals surface area contributed by atoms with Gasteiger partial charge in [0.05, 0.1) is 7.11 Å². The normalized spacial score (nSPS) is 11.2. The van der Waals surface area contributed by atoms with E-state index in [2.05, 4.69) is 27.8 Å². The van der Waals surface area contributed by atoms with E-state index in [-0.39, 0.29) is 5.63 Å². The van der Waals surface area contributed by atoms with Gasteiger partial charge in [-0.1, -0.05) is 23.9 Å². The molecule has 0 atom stereocenters. The monoisotopic (exact) mass is 421 g/mol. The van der Waals surface area contributed by atoms with Gasteiger partial charge >= 0.3 is 5.63 Å². The van der Waals surface area contributed by atoms with Crippen molar-refractivity contribution in [3.05, 3.63) is 69.6 Å². The number of hydrogen-bond donors (Lipinski definition) is 0. The molecule has 0 radical (unpaired) electrons. The van der Waals surface area contributed by atoms with Crippen molar-refractivity contribution in [2.24, 2.45) is 0 Å². The van der Waals surface area contributed by atoms with Crippen molar-refractivity contribution in [2.75, 3.05) is 7.11 Å². The maximum Gasteiger partial charge on any atom is 0.336 e. The standard InChI is InChI=1S/C23H23N3O3S/c1-5-26-22(16-7-9-18(28-4)10-8-16)24-25-23(26)30-13-17-12-20(27)29-21-15(3)14(2)6-11-19(17)21/h6-12H,5,13H2,1-4H3. The Balaban J connectivity index is 1.65. The Morgan fingerprint density at radius 2 is 1.87 bits per heavy atom. The predicted molar refractivity (Wildman–Crippen MR) is 119 cm³/mol. The molecule has 0 aliphatic heterocycles. The maximum absolute atomic E-state index is 12.1. The van der Waals surface area contributed by atoms with Gasteiger partial charge in [-0.3, -0.25) is 0 Å². The summed E-state index contributed by atoms with van der Waals surface area (Å²) in [6.45, 7) is 6.80. The summed E-state index contributed by atoms with van der Waals surface area (Å²) in [5.74, 6) is 2.22. The van der Waals surface area contributed by atoms with Crippen LogP contribution in [0.1, 0.15) is 23.6 Å². The van der Waals surface area contributed by atoms with E-state index >= 15 is 0 Å². The van der Waals surface area contributed by atoms with E-state index in [1.165, 1.54) is 0 Å². The van der Waals surface area contributed by atoms with Gasteiger partial charge in [0, 0.05) is 29.3 Å². The van der Waals surface area contributed by atoms with Gasteiger partial charge in [0.15, 0.2) is 11.0 Å². The van der Waals surface area contributed by atoms with Crippen LogP contribution in [0.2, 0.25) is 0 Å². The van der Waals surface area contributed by atoms with E-state index < -0.39 is 0 Å². The first-order valence-corrected chi connectivity index (χ1v) is 10.7. The lowest BCUT2D eigenvalue weighted by Crippen LogP contribution is -2.03. The van der Waals surface area contributed by atoms with Crippen molar-refractivity contribution < 1.29 is 9.15 Å². The lowest BCUT2D eigenvalue weighted by Gasteiger charge is -2.10. The number of aryl methyl sites for hydroxylation is 2. The van der Waals surface area contributed by atoms with Crippen molar-refractivity contribution in [1.82, 2.24) is 14.8 Å². The Kier molecular flexibility index (Phi) is 5.63. The minimum Gasteiger partial charge on any atom is -0.497 e. The minimum absolute atomic E-state index is 0.331. The molecule has 2 aromatic carbocycles. The van der Waals surface area contributed by atoms with E-state index in [1.54, 1.807) is 24.9 Å². The topological polar surface area (TPSA) is 70.2 Å². The second-order valence-electron chi connectivity index (χ2n) is 7.04. The average Bonchev–Trinajstić information content (AvgIpc) is 3.18. The third kappa shape index (κ3) is 3.73. The molecule has 154 valence electrons. The van der Waals surface area contributed by atoms with Crippen LogP contribution >= 0.6 is 11.8 Å². The van der Waals surface area contributed by atoms with Crippen molar-refractivity contribution >= 4 is 22.7 Å². The molecule has 0 spiro atoms. The molecule has 0 unspecified atom stereocenters. The summed E-state index contributed by atoms with van der Waals surface area (Å²) in [6, 6.07) is 13.4. The van der Waals surface area contributed by atoms with Crippen molar-refractivity contribution in [1.29, 1.82) is 0 Å². The van der Waals surface area contributed by atoms with Gasteiger partial charge in [-0.25, -0.2) is 4.79 Å². The number of methoxy groups -OCH3 is 1. The largest absolute Gasteiger partial charge is 0.497 e. The summed E-state index contributed by atoms with van der Waals surface area (Å²) in [6.07, 6.45) is 0. The molecule has 30 heavy (non-hydrogen) atoms. The van der Waals surface area contributed by atoms with Crippen molar-refractivity contribution in [3.8, 4) is 17.1 Å². The molecule has 2 heterocycles. The molecular formula is C23H23N3O3S. The van der Waals surface area contributed by atoms with Gasteiger partial charge in [0.2, 0.25) is 0 Å². The highest BCUT2D eigenvalue weighted by molar-refractivity contribution is 7.98. The molecule has 0 aliphatic rings. The number of benzene rings is 2. The van der Waals surface area contributed by atoms with Gasteiger partial charge in [0.25, 0.3) is 0 Å². The number of rotatable bonds is 6. The van der Waals surface area contributed by atoms with Crippen molar-refractivity contribution in [3.63, 3.8) is 0 Å². The lowest BCUT2D eigenvalue weighted by molar-refractivity contribution is 0.415. The van der Waals surface area contributed by atoms with Crippen LogP contribution in [-0.2, 0) is 12.3 Å². The van der Waals surface area contributed by atoms with Gasteiger partial charge in [-0.15, -0.1) is 10.2 Å². The Morgan fingerprint density at radius 1 is 1.10 bits per heavy atom. The van der Waals surface area contributed by atoms with Crippen LogP contribution in [0.4, 0.5) is 0 Å². The van der Waals surface area contributed by atoms with Crippen molar-refractivity contribution in [2.45, 2.75) is 38.2 Å². The average molecular weight is 422 g/mol. The summed E-state index contributed by atoms with van der Waals surface area (Å²) in [4.78, 5) is 12.1. The first-order chi connectivity index (χ1) is 14.5. The molecule has 0 saturated carbocycles. The van der Waals surface area contributed by atoms with E-state index in [9.17, 15) is 4.79 Å². The number of ether oxygens (including phenoxy) is 1. The first-order valence-electron chi connectivity index (χ1n) is 9.75. The van der Waals surface area contributed by atoms with Crippen LogP contribution in [-0.4, -0.2) is 21.9 Å². The van der Waals surface area contributed by atoms with Crippen LogP contribution < -0.4 is 10.4 Å². The summed E-state index contributed by atoms with van der Waals surface area (Å²) < 4.78 is 12.8. The smallest absolute Gasteiger partial charge is 0.336 e. The van der Waals surface area contributed by atoms with Crippen LogP contribution in [0.25, 0.3) is 22.4 Å². The van der Waals surface area contributed by atoms with Crippen LogP contribution in [0.15, 0.2) is 56.8 Å². The molecule has 0 bridgehead atoms. The fourth-order valence-electron chi connectivity index (χ4n) is 3.42. The molecule has 4 aromatic rings. The number of fused-ring (bicyclic) bond motifs is 1. The molecule has 2 aromatic heterocycles. The van der Waals surface area contributed by atoms with Crippen LogP contribution in [0.3, 0.4) is 0 Å². The highest BCUT2D eigenvalue weighted by Gasteiger charge is 2.15. The van der Waals surface area contributed by atoms with Gasteiger partial charge < -0.3 is 13.7 Å². The molecule has 0 amide bonds. The molecule has 4 rings (SSSR count). The maximum atomic E-state index is 12.1. The second-order valence-corrected chi connectivity index (χ2v) is 7.98. The minimum atomic E-state index is -0.331. The molecular weight excluding hydrogens is 398 g/mol. The fourth-order valence-corrected chi connectivity index (χ4v) is 4.41. The fraction of sp³-hybridized carbons (Fsp3) is 0.261. The van der Waals surface area contributed by atoms with E-state index in [0.29, 0.717) is 11.3 Å². The number of nitrogens with zero attached hydrogens (tertiary/aromatic N) is 3. The summed E-state index contributed by atoms with van der Waals surface area (Å²) in [7, 11) is 1.65. The number of aromatic nitrogens is 3. The highest BCUT2D eigenvalue weighted by Crippen LogP contribution is 2.30. The number of hydrogen-bond acceptors (Lipinski definition) is 6. The molecule has 7 heteroatoms. The Labute approximate surface area is 178 Å². The zero-order chi connectivity index (χ0) is 21.3. The summed E-state index contributed by atoms with van der Waals surface area (Å²) in [5.41, 5.74) is 4.34. The van der Waals surface area contributed by atoms with E-state index in [0.717, 1.165) is 50.9 Å². The van der Waals surface area contributed by atoms with E-state index in [4.69, 9.17) is 9.15 Å². The third-order valence-corrected chi connectivity index (χ3v) is 6.27. The summed E-state index contributed by atoms with van der Waals surface area (Å²) in [5, 5.41) is 10.6.